The van der Waals surface area contributed by atoms with E-state index in [1.807, 2.05) is 11.8 Å². The molecule has 0 aliphatic heterocycles. The van der Waals surface area contributed by atoms with Crippen LogP contribution in [0.1, 0.15) is 25.3 Å². The molecule has 0 spiro atoms. The largest absolute Gasteiger partial charge is 0.324 e. The summed E-state index contributed by atoms with van der Waals surface area (Å²) < 4.78 is 2.44. The first kappa shape index (κ1) is 20.8. The van der Waals surface area contributed by atoms with Gasteiger partial charge in [-0.05, 0) is 59.6 Å². The Morgan fingerprint density at radius 2 is 1.66 bits per heavy atom. The first-order chi connectivity index (χ1) is 15.8. The maximum Gasteiger partial charge on any atom is 0.141 e. The molecule has 0 radical (unpaired) electrons. The molecule has 0 saturated carbocycles. The van der Waals surface area contributed by atoms with E-state index in [-0.39, 0.29) is 0 Å². The molecule has 0 amide bonds. The van der Waals surface area contributed by atoms with Gasteiger partial charge in [-0.1, -0.05) is 79.7 Å². The number of benzene rings is 4. The van der Waals surface area contributed by atoms with Gasteiger partial charge in [0.2, 0.25) is 0 Å². The van der Waals surface area contributed by atoms with Gasteiger partial charge in [-0.25, -0.2) is 4.98 Å². The van der Waals surface area contributed by atoms with Crippen LogP contribution >= 0.6 is 11.8 Å². The lowest BCUT2D eigenvalue weighted by molar-refractivity contribution is 0.663. The summed E-state index contributed by atoms with van der Waals surface area (Å²) in [6.07, 6.45) is 3.33. The van der Waals surface area contributed by atoms with Gasteiger partial charge in [0.1, 0.15) is 5.82 Å². The molecule has 1 heterocycles. The van der Waals surface area contributed by atoms with E-state index in [1.54, 1.807) is 0 Å². The number of aromatic nitrogens is 2. The van der Waals surface area contributed by atoms with E-state index in [0.717, 1.165) is 36.5 Å². The normalized spacial score (nSPS) is 11.4. The molecule has 4 aromatic carbocycles. The van der Waals surface area contributed by atoms with Gasteiger partial charge in [-0.3, -0.25) is 0 Å². The van der Waals surface area contributed by atoms with Crippen LogP contribution in [0.2, 0.25) is 0 Å². The average Bonchev–Trinajstić information content (AvgIpc) is 3.20. The zero-order valence-corrected chi connectivity index (χ0v) is 19.3. The lowest BCUT2D eigenvalue weighted by atomic mass is 10.0. The number of nitrogens with zero attached hydrogens (tertiary/aromatic N) is 2. The van der Waals surface area contributed by atoms with Gasteiger partial charge in [0, 0.05) is 17.0 Å². The fourth-order valence-electron chi connectivity index (χ4n) is 4.35. The van der Waals surface area contributed by atoms with E-state index in [2.05, 4.69) is 102 Å². The van der Waals surface area contributed by atoms with Crippen LogP contribution in [0.3, 0.4) is 0 Å². The Bertz CT molecular complexity index is 1330. The summed E-state index contributed by atoms with van der Waals surface area (Å²) in [5.41, 5.74) is 4.92. The van der Waals surface area contributed by atoms with E-state index in [1.165, 1.54) is 38.7 Å². The van der Waals surface area contributed by atoms with Crippen molar-refractivity contribution in [2.24, 2.45) is 0 Å². The SMILES string of the molecule is CCCSc1ccc2nc(-c3cccc4ccccc34)n(CCCc3ccccc3)c2c1. The maximum absolute atomic E-state index is 5.13. The smallest absolute Gasteiger partial charge is 0.141 e. The van der Waals surface area contributed by atoms with Crippen molar-refractivity contribution in [3.63, 3.8) is 0 Å². The van der Waals surface area contributed by atoms with Gasteiger partial charge >= 0.3 is 0 Å². The molecule has 0 atom stereocenters. The van der Waals surface area contributed by atoms with Crippen LogP contribution in [-0.2, 0) is 13.0 Å². The molecule has 5 rings (SSSR count). The van der Waals surface area contributed by atoms with Crippen LogP contribution in [0, 0.1) is 0 Å². The number of hydrogen-bond donors (Lipinski definition) is 0. The number of aryl methyl sites for hydroxylation is 2. The maximum atomic E-state index is 5.13. The average molecular weight is 437 g/mol. The van der Waals surface area contributed by atoms with Gasteiger partial charge in [0.25, 0.3) is 0 Å². The van der Waals surface area contributed by atoms with Crippen molar-refractivity contribution in [1.29, 1.82) is 0 Å². The monoisotopic (exact) mass is 436 g/mol. The molecule has 0 aliphatic rings. The highest BCUT2D eigenvalue weighted by molar-refractivity contribution is 7.99. The topological polar surface area (TPSA) is 17.8 Å². The standard InChI is InChI=1S/C29H28N2S/c1-2-20-32-24-17-18-27-28(21-24)31(19-9-12-22-10-4-3-5-11-22)29(30-27)26-16-8-14-23-13-6-7-15-25(23)26/h3-8,10-11,13-18,21H,2,9,12,19-20H2,1H3. The van der Waals surface area contributed by atoms with E-state index in [0.29, 0.717) is 0 Å². The van der Waals surface area contributed by atoms with Gasteiger partial charge in [-0.2, -0.15) is 0 Å². The zero-order valence-electron chi connectivity index (χ0n) is 18.5. The Kier molecular flexibility index (Phi) is 6.27. The highest BCUT2D eigenvalue weighted by Crippen LogP contribution is 2.33. The molecule has 160 valence electrons. The lowest BCUT2D eigenvalue weighted by Gasteiger charge is -2.12. The molecule has 2 nitrogen and oxygen atoms in total. The third-order valence-corrected chi connectivity index (χ3v) is 7.11. The molecule has 0 N–H and O–H groups in total. The minimum absolute atomic E-state index is 0.950. The third kappa shape index (κ3) is 4.31. The summed E-state index contributed by atoms with van der Waals surface area (Å²) in [6, 6.07) is 32.7. The molecule has 32 heavy (non-hydrogen) atoms. The van der Waals surface area contributed by atoms with Crippen molar-refractivity contribution in [3.05, 3.63) is 96.6 Å². The second-order valence-electron chi connectivity index (χ2n) is 8.20. The molecule has 0 fully saturated rings. The molecule has 0 unspecified atom stereocenters. The first-order valence-corrected chi connectivity index (χ1v) is 12.5. The molecule has 3 heteroatoms. The Morgan fingerprint density at radius 3 is 2.53 bits per heavy atom. The number of rotatable bonds is 8. The summed E-state index contributed by atoms with van der Waals surface area (Å²) in [5.74, 6) is 2.21. The number of fused-ring (bicyclic) bond motifs is 2. The predicted octanol–water partition coefficient (Wildman–Crippen LogP) is 7.99. The van der Waals surface area contributed by atoms with Crippen molar-refractivity contribution in [2.45, 2.75) is 37.6 Å². The Labute approximate surface area is 194 Å². The second-order valence-corrected chi connectivity index (χ2v) is 9.37. The molecule has 1 aromatic heterocycles. The molecule has 0 aliphatic carbocycles. The van der Waals surface area contributed by atoms with Gasteiger partial charge in [-0.15, -0.1) is 11.8 Å². The van der Waals surface area contributed by atoms with E-state index < -0.39 is 0 Å². The van der Waals surface area contributed by atoms with E-state index >= 15 is 0 Å². The van der Waals surface area contributed by atoms with Crippen LogP contribution < -0.4 is 0 Å². The lowest BCUT2D eigenvalue weighted by Crippen LogP contribution is -2.03. The highest BCUT2D eigenvalue weighted by Gasteiger charge is 2.15. The quantitative estimate of drug-likeness (QED) is 0.229. The van der Waals surface area contributed by atoms with Crippen molar-refractivity contribution in [2.75, 3.05) is 5.75 Å². The summed E-state index contributed by atoms with van der Waals surface area (Å²) >= 11 is 1.93. The van der Waals surface area contributed by atoms with Crippen molar-refractivity contribution >= 4 is 33.6 Å². The molecule has 5 aromatic rings. The van der Waals surface area contributed by atoms with Crippen molar-refractivity contribution in [1.82, 2.24) is 9.55 Å². The molecular weight excluding hydrogens is 408 g/mol. The van der Waals surface area contributed by atoms with Gasteiger partial charge in [0.05, 0.1) is 11.0 Å². The van der Waals surface area contributed by atoms with E-state index in [9.17, 15) is 0 Å². The first-order valence-electron chi connectivity index (χ1n) is 11.5. The fourth-order valence-corrected chi connectivity index (χ4v) is 5.15. The second kappa shape index (κ2) is 9.62. The number of thioether (sulfide) groups is 1. The number of imidazole rings is 1. The van der Waals surface area contributed by atoms with Crippen LogP contribution in [0.5, 0.6) is 0 Å². The minimum Gasteiger partial charge on any atom is -0.324 e. The Hall–Kier alpha value is -3.04. The van der Waals surface area contributed by atoms with Gasteiger partial charge in [0.15, 0.2) is 0 Å². The molecular formula is C29H28N2S. The van der Waals surface area contributed by atoms with Crippen molar-refractivity contribution < 1.29 is 0 Å². The zero-order chi connectivity index (χ0) is 21.8. The van der Waals surface area contributed by atoms with Crippen molar-refractivity contribution in [3.8, 4) is 11.4 Å². The van der Waals surface area contributed by atoms with Crippen LogP contribution in [0.25, 0.3) is 33.2 Å². The minimum atomic E-state index is 0.950. The summed E-state index contributed by atoms with van der Waals surface area (Å²) in [7, 11) is 0. The van der Waals surface area contributed by atoms with E-state index in [4.69, 9.17) is 4.98 Å². The number of hydrogen-bond acceptors (Lipinski definition) is 2. The molecule has 0 bridgehead atoms. The fraction of sp³-hybridized carbons (Fsp3) is 0.207. The van der Waals surface area contributed by atoms with Crippen LogP contribution in [-0.4, -0.2) is 15.3 Å². The van der Waals surface area contributed by atoms with Crippen LogP contribution in [0.4, 0.5) is 0 Å². The summed E-state index contributed by atoms with van der Waals surface area (Å²) in [5, 5.41) is 2.52. The van der Waals surface area contributed by atoms with Gasteiger partial charge < -0.3 is 4.57 Å². The third-order valence-electron chi connectivity index (χ3n) is 5.91. The Balaban J connectivity index is 1.58. The Morgan fingerprint density at radius 1 is 0.844 bits per heavy atom. The predicted molar refractivity (Wildman–Crippen MR) is 138 cm³/mol. The molecule has 0 saturated heterocycles. The van der Waals surface area contributed by atoms with Crippen LogP contribution in [0.15, 0.2) is 95.9 Å². The summed E-state index contributed by atoms with van der Waals surface area (Å²) in [4.78, 5) is 6.46. The summed E-state index contributed by atoms with van der Waals surface area (Å²) in [6.45, 7) is 3.18. The highest BCUT2D eigenvalue weighted by atomic mass is 32.2.